The topological polar surface area (TPSA) is 77.2 Å². The van der Waals surface area contributed by atoms with Crippen LogP contribution in [0.2, 0.25) is 0 Å². The Morgan fingerprint density at radius 1 is 1.58 bits per heavy atom. The van der Waals surface area contributed by atoms with E-state index >= 15 is 0 Å². The minimum absolute atomic E-state index is 0.162. The molecule has 1 aliphatic carbocycles. The molecule has 0 bridgehead atoms. The van der Waals surface area contributed by atoms with Crippen LogP contribution in [-0.4, -0.2) is 30.1 Å². The smallest absolute Gasteiger partial charge is 0.270 e. The highest BCUT2D eigenvalue weighted by Gasteiger charge is 2.27. The van der Waals surface area contributed by atoms with Gasteiger partial charge in [0, 0.05) is 24.7 Å². The summed E-state index contributed by atoms with van der Waals surface area (Å²) in [4.78, 5) is 15.8. The molecular formula is C14H21N3O2. The minimum Gasteiger partial charge on any atom is -0.490 e. The van der Waals surface area contributed by atoms with Gasteiger partial charge in [-0.2, -0.15) is 0 Å². The molecule has 104 valence electrons. The molecule has 0 saturated heterocycles. The van der Waals surface area contributed by atoms with Crippen LogP contribution in [0, 0.1) is 5.92 Å². The fraction of sp³-hybridized carbons (Fsp3) is 0.571. The van der Waals surface area contributed by atoms with E-state index < -0.39 is 0 Å². The number of hydrogen-bond acceptors (Lipinski definition) is 4. The van der Waals surface area contributed by atoms with Crippen molar-refractivity contribution in [2.75, 3.05) is 13.1 Å². The molecule has 1 amide bonds. The second-order valence-electron chi connectivity index (χ2n) is 4.82. The number of hydrogen-bond donors (Lipinski definition) is 2. The Labute approximate surface area is 113 Å². The highest BCUT2D eigenvalue weighted by Crippen LogP contribution is 2.29. The zero-order valence-corrected chi connectivity index (χ0v) is 11.3. The first kappa shape index (κ1) is 13.8. The van der Waals surface area contributed by atoms with Crippen LogP contribution in [0.15, 0.2) is 18.3 Å². The van der Waals surface area contributed by atoms with Gasteiger partial charge in [-0.3, -0.25) is 9.78 Å². The van der Waals surface area contributed by atoms with Gasteiger partial charge in [-0.05, 0) is 38.8 Å². The summed E-state index contributed by atoms with van der Waals surface area (Å²) in [5.41, 5.74) is 6.13. The first-order valence-corrected chi connectivity index (χ1v) is 6.85. The molecule has 1 aromatic heterocycles. The molecular weight excluding hydrogens is 242 g/mol. The minimum atomic E-state index is -0.172. The fourth-order valence-electron chi connectivity index (χ4n) is 2.46. The molecule has 19 heavy (non-hydrogen) atoms. The molecule has 1 aliphatic rings. The fourth-order valence-corrected chi connectivity index (χ4v) is 2.46. The maximum atomic E-state index is 11.7. The maximum absolute atomic E-state index is 11.7. The number of nitrogens with zero attached hydrogens (tertiary/aromatic N) is 1. The lowest BCUT2D eigenvalue weighted by Crippen LogP contribution is -2.28. The summed E-state index contributed by atoms with van der Waals surface area (Å²) in [6.45, 7) is 3.12. The zero-order valence-electron chi connectivity index (χ0n) is 11.3. The van der Waals surface area contributed by atoms with Gasteiger partial charge in [-0.1, -0.05) is 0 Å². The molecule has 0 spiro atoms. The molecule has 0 aromatic carbocycles. The standard InChI is InChI=1S/C14H21N3O2/c1-2-16-14(18)12-8-11(6-7-17-12)19-13-5-3-4-10(13)9-15/h6-8,10,13H,2-5,9,15H2,1H3,(H,16,18). The van der Waals surface area contributed by atoms with Gasteiger partial charge in [0.2, 0.25) is 0 Å². The lowest BCUT2D eigenvalue weighted by molar-refractivity contribution is 0.0949. The SMILES string of the molecule is CCNC(=O)c1cc(OC2CCCC2CN)ccn1. The Hall–Kier alpha value is -1.62. The highest BCUT2D eigenvalue weighted by atomic mass is 16.5. The van der Waals surface area contributed by atoms with Gasteiger partial charge in [0.1, 0.15) is 17.5 Å². The predicted molar refractivity (Wildman–Crippen MR) is 73.1 cm³/mol. The number of rotatable bonds is 5. The molecule has 1 fully saturated rings. The van der Waals surface area contributed by atoms with Crippen molar-refractivity contribution in [3.05, 3.63) is 24.0 Å². The Morgan fingerprint density at radius 2 is 2.42 bits per heavy atom. The third-order valence-electron chi connectivity index (χ3n) is 3.48. The number of nitrogens with one attached hydrogen (secondary N) is 1. The number of aromatic nitrogens is 1. The van der Waals surface area contributed by atoms with Gasteiger partial charge >= 0.3 is 0 Å². The van der Waals surface area contributed by atoms with Crippen molar-refractivity contribution < 1.29 is 9.53 Å². The van der Waals surface area contributed by atoms with Crippen molar-refractivity contribution >= 4 is 5.91 Å². The Bertz CT molecular complexity index is 436. The predicted octanol–water partition coefficient (Wildman–Crippen LogP) is 1.34. The number of pyridine rings is 1. The third-order valence-corrected chi connectivity index (χ3v) is 3.48. The van der Waals surface area contributed by atoms with Gasteiger partial charge in [-0.25, -0.2) is 0 Å². The largest absolute Gasteiger partial charge is 0.490 e. The van der Waals surface area contributed by atoms with E-state index in [1.165, 1.54) is 0 Å². The quantitative estimate of drug-likeness (QED) is 0.840. The average Bonchev–Trinajstić information content (AvgIpc) is 2.86. The van der Waals surface area contributed by atoms with Gasteiger partial charge < -0.3 is 15.8 Å². The number of ether oxygens (including phenoxy) is 1. The van der Waals surface area contributed by atoms with E-state index in [2.05, 4.69) is 10.3 Å². The summed E-state index contributed by atoms with van der Waals surface area (Å²) < 4.78 is 5.95. The van der Waals surface area contributed by atoms with Crippen LogP contribution < -0.4 is 15.8 Å². The van der Waals surface area contributed by atoms with Gasteiger partial charge in [-0.15, -0.1) is 0 Å². The second-order valence-corrected chi connectivity index (χ2v) is 4.82. The lowest BCUT2D eigenvalue weighted by Gasteiger charge is -2.20. The zero-order chi connectivity index (χ0) is 13.7. The van der Waals surface area contributed by atoms with Crippen molar-refractivity contribution in [3.63, 3.8) is 0 Å². The van der Waals surface area contributed by atoms with E-state index in [-0.39, 0.29) is 12.0 Å². The Kier molecular flexibility index (Phi) is 4.74. The molecule has 1 aromatic rings. The first-order valence-electron chi connectivity index (χ1n) is 6.85. The van der Waals surface area contributed by atoms with Crippen LogP contribution in [0.25, 0.3) is 0 Å². The van der Waals surface area contributed by atoms with E-state index in [9.17, 15) is 4.79 Å². The van der Waals surface area contributed by atoms with Crippen LogP contribution >= 0.6 is 0 Å². The van der Waals surface area contributed by atoms with Gasteiger partial charge in [0.15, 0.2) is 0 Å². The van der Waals surface area contributed by atoms with Crippen LogP contribution in [0.4, 0.5) is 0 Å². The molecule has 5 nitrogen and oxygen atoms in total. The molecule has 1 heterocycles. The van der Waals surface area contributed by atoms with Crippen molar-refractivity contribution in [2.24, 2.45) is 11.7 Å². The maximum Gasteiger partial charge on any atom is 0.270 e. The van der Waals surface area contributed by atoms with Crippen LogP contribution in [-0.2, 0) is 0 Å². The molecule has 2 unspecified atom stereocenters. The molecule has 0 radical (unpaired) electrons. The summed E-state index contributed by atoms with van der Waals surface area (Å²) in [6.07, 6.45) is 5.07. The van der Waals surface area contributed by atoms with E-state index in [1.807, 2.05) is 6.92 Å². The molecule has 5 heteroatoms. The molecule has 1 saturated carbocycles. The van der Waals surface area contributed by atoms with Crippen LogP contribution in [0.5, 0.6) is 5.75 Å². The Balaban J connectivity index is 2.04. The number of nitrogens with two attached hydrogens (primary N) is 1. The van der Waals surface area contributed by atoms with Crippen molar-refractivity contribution in [1.29, 1.82) is 0 Å². The van der Waals surface area contributed by atoms with Crippen LogP contribution in [0.3, 0.4) is 0 Å². The summed E-state index contributed by atoms with van der Waals surface area (Å²) in [5.74, 6) is 0.942. The molecule has 2 atom stereocenters. The van der Waals surface area contributed by atoms with Crippen molar-refractivity contribution in [3.8, 4) is 5.75 Å². The van der Waals surface area contributed by atoms with Crippen LogP contribution in [0.1, 0.15) is 36.7 Å². The molecule has 3 N–H and O–H groups in total. The van der Waals surface area contributed by atoms with E-state index in [1.54, 1.807) is 18.3 Å². The van der Waals surface area contributed by atoms with E-state index in [0.717, 1.165) is 19.3 Å². The van der Waals surface area contributed by atoms with Gasteiger partial charge in [0.05, 0.1) is 0 Å². The van der Waals surface area contributed by atoms with Gasteiger partial charge in [0.25, 0.3) is 5.91 Å². The number of carbonyl (C=O) groups is 1. The summed E-state index contributed by atoms with van der Waals surface area (Å²) >= 11 is 0. The monoisotopic (exact) mass is 263 g/mol. The van der Waals surface area contributed by atoms with Crippen molar-refractivity contribution in [2.45, 2.75) is 32.3 Å². The second kappa shape index (κ2) is 6.52. The summed E-state index contributed by atoms with van der Waals surface area (Å²) in [6, 6.07) is 3.48. The summed E-state index contributed by atoms with van der Waals surface area (Å²) in [5, 5.41) is 2.73. The number of amides is 1. The lowest BCUT2D eigenvalue weighted by atomic mass is 10.1. The molecule has 2 rings (SSSR count). The normalized spacial score (nSPS) is 22.2. The Morgan fingerprint density at radius 3 is 3.16 bits per heavy atom. The van der Waals surface area contributed by atoms with Crippen molar-refractivity contribution in [1.82, 2.24) is 10.3 Å². The first-order chi connectivity index (χ1) is 9.24. The molecule has 0 aliphatic heterocycles. The highest BCUT2D eigenvalue weighted by molar-refractivity contribution is 5.92. The van der Waals surface area contributed by atoms with E-state index in [0.29, 0.717) is 30.5 Å². The number of carbonyl (C=O) groups excluding carboxylic acids is 1. The summed E-state index contributed by atoms with van der Waals surface area (Å²) in [7, 11) is 0. The average molecular weight is 263 g/mol. The third kappa shape index (κ3) is 3.44. The van der Waals surface area contributed by atoms with E-state index in [4.69, 9.17) is 10.5 Å².